The van der Waals surface area contributed by atoms with Crippen LogP contribution in [0.1, 0.15) is 29.8 Å². The van der Waals surface area contributed by atoms with Gasteiger partial charge in [-0.05, 0) is 19.4 Å². The Labute approximate surface area is 103 Å². The summed E-state index contributed by atoms with van der Waals surface area (Å²) in [5, 5.41) is 3.51. The van der Waals surface area contributed by atoms with Gasteiger partial charge in [-0.2, -0.15) is 0 Å². The maximum atomic E-state index is 4.11. The molecular formula is C14H19N3. The highest BCUT2D eigenvalue weighted by Crippen LogP contribution is 2.14. The molecule has 1 atom stereocenters. The molecule has 0 spiro atoms. The third-order valence-corrected chi connectivity index (χ3v) is 3.05. The molecule has 1 N–H and O–H groups in total. The number of aromatic nitrogens is 2. The summed E-state index contributed by atoms with van der Waals surface area (Å²) in [6.45, 7) is 5.15. The van der Waals surface area contributed by atoms with Crippen molar-refractivity contribution in [1.29, 1.82) is 0 Å². The SMILES string of the molecule is Cc1cccc([C@H](C)NCc2cncn2C)c1. The molecule has 1 aromatic carbocycles. The van der Waals surface area contributed by atoms with Crippen molar-refractivity contribution >= 4 is 0 Å². The molecule has 0 saturated carbocycles. The molecule has 0 radical (unpaired) electrons. The normalized spacial score (nSPS) is 12.6. The fourth-order valence-corrected chi connectivity index (χ4v) is 1.87. The Kier molecular flexibility index (Phi) is 3.59. The minimum absolute atomic E-state index is 0.352. The van der Waals surface area contributed by atoms with Crippen molar-refractivity contribution in [1.82, 2.24) is 14.9 Å². The molecule has 0 bridgehead atoms. The molecule has 0 aliphatic heterocycles. The van der Waals surface area contributed by atoms with E-state index in [0.717, 1.165) is 6.54 Å². The number of aryl methyl sites for hydroxylation is 2. The van der Waals surface area contributed by atoms with E-state index in [4.69, 9.17) is 0 Å². The van der Waals surface area contributed by atoms with Crippen LogP contribution in [0.3, 0.4) is 0 Å². The van der Waals surface area contributed by atoms with Gasteiger partial charge in [0.25, 0.3) is 0 Å². The van der Waals surface area contributed by atoms with Crippen LogP contribution in [-0.2, 0) is 13.6 Å². The van der Waals surface area contributed by atoms with Crippen molar-refractivity contribution in [2.45, 2.75) is 26.4 Å². The third kappa shape index (κ3) is 2.94. The lowest BCUT2D eigenvalue weighted by Gasteiger charge is -2.14. The van der Waals surface area contributed by atoms with Crippen molar-refractivity contribution in [2.24, 2.45) is 7.05 Å². The average molecular weight is 229 g/mol. The zero-order valence-electron chi connectivity index (χ0n) is 10.6. The molecule has 17 heavy (non-hydrogen) atoms. The van der Waals surface area contributed by atoms with Gasteiger partial charge < -0.3 is 9.88 Å². The summed E-state index contributed by atoms with van der Waals surface area (Å²) < 4.78 is 2.04. The standard InChI is InChI=1S/C14H19N3/c1-11-5-4-6-13(7-11)12(2)16-9-14-8-15-10-17(14)3/h4-8,10,12,16H,9H2,1-3H3/t12-/m0/s1. The first-order valence-corrected chi connectivity index (χ1v) is 5.92. The fourth-order valence-electron chi connectivity index (χ4n) is 1.87. The van der Waals surface area contributed by atoms with Gasteiger partial charge in [0.1, 0.15) is 0 Å². The van der Waals surface area contributed by atoms with E-state index >= 15 is 0 Å². The van der Waals surface area contributed by atoms with Crippen molar-refractivity contribution in [3.05, 3.63) is 53.6 Å². The van der Waals surface area contributed by atoms with Gasteiger partial charge in [-0.15, -0.1) is 0 Å². The Bertz CT molecular complexity index is 488. The molecule has 3 nitrogen and oxygen atoms in total. The van der Waals surface area contributed by atoms with Gasteiger partial charge in [0.05, 0.1) is 12.0 Å². The smallest absolute Gasteiger partial charge is 0.0945 e. The number of hydrogen-bond donors (Lipinski definition) is 1. The van der Waals surface area contributed by atoms with E-state index in [0.29, 0.717) is 6.04 Å². The zero-order valence-corrected chi connectivity index (χ0v) is 10.6. The van der Waals surface area contributed by atoms with Crippen LogP contribution in [0.25, 0.3) is 0 Å². The Morgan fingerprint density at radius 1 is 1.41 bits per heavy atom. The van der Waals surface area contributed by atoms with E-state index in [2.05, 4.69) is 48.4 Å². The van der Waals surface area contributed by atoms with Gasteiger partial charge in [0.15, 0.2) is 0 Å². The van der Waals surface area contributed by atoms with Gasteiger partial charge in [-0.3, -0.25) is 0 Å². The lowest BCUT2D eigenvalue weighted by atomic mass is 10.1. The Hall–Kier alpha value is -1.61. The molecule has 90 valence electrons. The highest BCUT2D eigenvalue weighted by molar-refractivity contribution is 5.24. The first-order valence-electron chi connectivity index (χ1n) is 5.92. The van der Waals surface area contributed by atoms with E-state index in [9.17, 15) is 0 Å². The second kappa shape index (κ2) is 5.15. The van der Waals surface area contributed by atoms with Crippen LogP contribution < -0.4 is 5.32 Å². The number of hydrogen-bond acceptors (Lipinski definition) is 2. The lowest BCUT2D eigenvalue weighted by Crippen LogP contribution is -2.19. The third-order valence-electron chi connectivity index (χ3n) is 3.05. The molecule has 3 heteroatoms. The van der Waals surface area contributed by atoms with Crippen molar-refractivity contribution in [2.75, 3.05) is 0 Å². The number of nitrogens with zero attached hydrogens (tertiary/aromatic N) is 2. The lowest BCUT2D eigenvalue weighted by molar-refractivity contribution is 0.557. The minimum atomic E-state index is 0.352. The largest absolute Gasteiger partial charge is 0.337 e. The predicted octanol–water partition coefficient (Wildman–Crippen LogP) is 2.58. The van der Waals surface area contributed by atoms with Crippen molar-refractivity contribution in [3.63, 3.8) is 0 Å². The van der Waals surface area contributed by atoms with Gasteiger partial charge in [-0.1, -0.05) is 29.8 Å². The minimum Gasteiger partial charge on any atom is -0.337 e. The van der Waals surface area contributed by atoms with E-state index in [-0.39, 0.29) is 0 Å². The van der Waals surface area contributed by atoms with Gasteiger partial charge in [-0.25, -0.2) is 4.98 Å². The van der Waals surface area contributed by atoms with Crippen LogP contribution in [0.2, 0.25) is 0 Å². The van der Waals surface area contributed by atoms with Gasteiger partial charge >= 0.3 is 0 Å². The fraction of sp³-hybridized carbons (Fsp3) is 0.357. The molecule has 2 rings (SSSR count). The summed E-state index contributed by atoms with van der Waals surface area (Å²) in [7, 11) is 2.02. The first-order chi connectivity index (χ1) is 8.16. The quantitative estimate of drug-likeness (QED) is 0.873. The monoisotopic (exact) mass is 229 g/mol. The van der Waals surface area contributed by atoms with Crippen LogP contribution in [0.5, 0.6) is 0 Å². The van der Waals surface area contributed by atoms with Gasteiger partial charge in [0.2, 0.25) is 0 Å². The number of rotatable bonds is 4. The molecule has 0 aliphatic carbocycles. The van der Waals surface area contributed by atoms with Gasteiger partial charge in [0, 0.05) is 25.8 Å². The summed E-state index contributed by atoms with van der Waals surface area (Å²) in [6, 6.07) is 8.96. The summed E-state index contributed by atoms with van der Waals surface area (Å²) in [4.78, 5) is 4.11. The first kappa shape index (κ1) is 11.9. The second-order valence-electron chi connectivity index (χ2n) is 4.51. The Morgan fingerprint density at radius 2 is 2.24 bits per heavy atom. The predicted molar refractivity (Wildman–Crippen MR) is 69.6 cm³/mol. The van der Waals surface area contributed by atoms with Crippen LogP contribution in [0.4, 0.5) is 0 Å². The van der Waals surface area contributed by atoms with Crippen LogP contribution in [0, 0.1) is 6.92 Å². The van der Waals surface area contributed by atoms with Crippen molar-refractivity contribution in [3.8, 4) is 0 Å². The summed E-state index contributed by atoms with van der Waals surface area (Å²) in [5.74, 6) is 0. The number of imidazole rings is 1. The highest BCUT2D eigenvalue weighted by Gasteiger charge is 2.06. The van der Waals surface area contributed by atoms with Crippen molar-refractivity contribution < 1.29 is 0 Å². The maximum absolute atomic E-state index is 4.11. The van der Waals surface area contributed by atoms with E-state index in [1.165, 1.54) is 16.8 Å². The van der Waals surface area contributed by atoms with Crippen LogP contribution in [0.15, 0.2) is 36.8 Å². The van der Waals surface area contributed by atoms with Crippen LogP contribution >= 0.6 is 0 Å². The molecule has 1 aromatic heterocycles. The summed E-state index contributed by atoms with van der Waals surface area (Å²) in [6.07, 6.45) is 3.73. The molecular weight excluding hydrogens is 210 g/mol. The van der Waals surface area contributed by atoms with Crippen LogP contribution in [-0.4, -0.2) is 9.55 Å². The molecule has 0 amide bonds. The number of benzene rings is 1. The Balaban J connectivity index is 1.98. The topological polar surface area (TPSA) is 29.9 Å². The average Bonchev–Trinajstić information content (AvgIpc) is 2.72. The molecule has 0 unspecified atom stereocenters. The van der Waals surface area contributed by atoms with E-state index in [1.807, 2.05) is 24.1 Å². The highest BCUT2D eigenvalue weighted by atomic mass is 15.0. The van der Waals surface area contributed by atoms with E-state index < -0.39 is 0 Å². The zero-order chi connectivity index (χ0) is 12.3. The van der Waals surface area contributed by atoms with E-state index in [1.54, 1.807) is 0 Å². The molecule has 1 heterocycles. The molecule has 0 aliphatic rings. The Morgan fingerprint density at radius 3 is 2.88 bits per heavy atom. The molecule has 0 fully saturated rings. The number of nitrogens with one attached hydrogen (secondary N) is 1. The summed E-state index contributed by atoms with van der Waals surface area (Å²) in [5.41, 5.74) is 3.83. The second-order valence-corrected chi connectivity index (χ2v) is 4.51. The molecule has 0 saturated heterocycles. The maximum Gasteiger partial charge on any atom is 0.0945 e. The summed E-state index contributed by atoms with van der Waals surface area (Å²) >= 11 is 0. The molecule has 2 aromatic rings.